The van der Waals surface area contributed by atoms with Crippen LogP contribution in [0.4, 0.5) is 5.69 Å². The van der Waals surface area contributed by atoms with Gasteiger partial charge in [-0.05, 0) is 40.5 Å². The Morgan fingerprint density at radius 3 is 3.06 bits per heavy atom. The Morgan fingerprint density at radius 1 is 1.50 bits per heavy atom. The lowest BCUT2D eigenvalue weighted by molar-refractivity contribution is 0.101. The molecule has 0 radical (unpaired) electrons. The molecule has 2 rings (SSSR count). The van der Waals surface area contributed by atoms with E-state index in [-0.39, 0.29) is 5.91 Å². The molecule has 0 spiro atoms. The van der Waals surface area contributed by atoms with Crippen molar-refractivity contribution in [2.45, 2.75) is 19.9 Å². The summed E-state index contributed by atoms with van der Waals surface area (Å²) < 4.78 is 2.72. The third kappa shape index (κ3) is 2.79. The van der Waals surface area contributed by atoms with Gasteiger partial charge >= 0.3 is 0 Å². The molecule has 5 heteroatoms. The maximum atomic E-state index is 12.1. The van der Waals surface area contributed by atoms with Gasteiger partial charge in [0.05, 0.1) is 10.2 Å². The molecule has 0 bridgehead atoms. The highest BCUT2D eigenvalue weighted by Gasteiger charge is 2.11. The van der Waals surface area contributed by atoms with Crippen molar-refractivity contribution in [3.63, 3.8) is 0 Å². The second kappa shape index (κ2) is 5.82. The highest BCUT2D eigenvalue weighted by molar-refractivity contribution is 9.10. The largest absolute Gasteiger partial charge is 0.344 e. The molecule has 0 unspecified atom stereocenters. The number of nitrogens with zero attached hydrogens (tertiary/aromatic N) is 2. The normalized spacial score (nSPS) is 10.3. The number of hydrogen-bond acceptors (Lipinski definition) is 2. The van der Waals surface area contributed by atoms with Crippen LogP contribution in [0.25, 0.3) is 0 Å². The molecule has 0 aliphatic rings. The van der Waals surface area contributed by atoms with Crippen molar-refractivity contribution in [3.05, 3.63) is 47.0 Å². The number of hydrogen-bond donors (Lipinski definition) is 1. The molecule has 0 saturated heterocycles. The lowest BCUT2D eigenvalue weighted by atomic mass is 10.3. The molecule has 1 N–H and O–H groups in total. The fourth-order valence-corrected chi connectivity index (χ4v) is 2.07. The number of carbonyl (C=O) groups excluding carboxylic acids is 1. The summed E-state index contributed by atoms with van der Waals surface area (Å²) in [4.78, 5) is 16.1. The van der Waals surface area contributed by atoms with Gasteiger partial charge in [-0.15, -0.1) is 0 Å². The van der Waals surface area contributed by atoms with E-state index in [1.54, 1.807) is 18.5 Å². The minimum Gasteiger partial charge on any atom is -0.344 e. The van der Waals surface area contributed by atoms with Crippen molar-refractivity contribution < 1.29 is 4.79 Å². The number of rotatable bonds is 4. The summed E-state index contributed by atoms with van der Waals surface area (Å²) in [5.41, 5.74) is 1.39. The molecule has 2 aromatic rings. The summed E-state index contributed by atoms with van der Waals surface area (Å²) in [6, 6.07) is 5.46. The molecule has 0 aliphatic carbocycles. The molecule has 2 heterocycles. The van der Waals surface area contributed by atoms with E-state index in [1.165, 1.54) is 0 Å². The number of carbonyl (C=O) groups is 1. The average molecular weight is 308 g/mol. The van der Waals surface area contributed by atoms with Gasteiger partial charge in [-0.3, -0.25) is 9.78 Å². The Hall–Kier alpha value is -1.62. The highest BCUT2D eigenvalue weighted by atomic mass is 79.9. The van der Waals surface area contributed by atoms with Gasteiger partial charge < -0.3 is 9.88 Å². The first-order chi connectivity index (χ1) is 8.72. The Morgan fingerprint density at radius 2 is 2.33 bits per heavy atom. The zero-order valence-corrected chi connectivity index (χ0v) is 11.6. The first-order valence-electron chi connectivity index (χ1n) is 5.78. The molecule has 4 nitrogen and oxygen atoms in total. The van der Waals surface area contributed by atoms with E-state index >= 15 is 0 Å². The molecular formula is C13H14BrN3O. The molecule has 94 valence electrons. The number of nitrogens with one attached hydrogen (secondary N) is 1. The Kier molecular flexibility index (Phi) is 4.15. The van der Waals surface area contributed by atoms with E-state index in [9.17, 15) is 4.79 Å². The van der Waals surface area contributed by atoms with Crippen LogP contribution in [0.1, 0.15) is 23.8 Å². The molecule has 0 atom stereocenters. The number of pyridine rings is 1. The van der Waals surface area contributed by atoms with Crippen LogP contribution in [-0.4, -0.2) is 15.5 Å². The fraction of sp³-hybridized carbons (Fsp3) is 0.231. The molecule has 0 saturated carbocycles. The van der Waals surface area contributed by atoms with Crippen LogP contribution in [0.5, 0.6) is 0 Å². The van der Waals surface area contributed by atoms with Crippen molar-refractivity contribution in [1.29, 1.82) is 0 Å². The summed E-state index contributed by atoms with van der Waals surface area (Å²) in [6.45, 7) is 2.93. The van der Waals surface area contributed by atoms with Crippen LogP contribution in [0.15, 0.2) is 41.3 Å². The predicted molar refractivity (Wildman–Crippen MR) is 74.6 cm³/mol. The van der Waals surface area contributed by atoms with Crippen LogP contribution in [0.2, 0.25) is 0 Å². The highest BCUT2D eigenvalue weighted by Crippen LogP contribution is 2.20. The number of aromatic nitrogens is 2. The SMILES string of the molecule is CCCn1cccc1C(=O)Nc1ccncc1Br. The fourth-order valence-electron chi connectivity index (χ4n) is 1.72. The van der Waals surface area contributed by atoms with Crippen molar-refractivity contribution in [1.82, 2.24) is 9.55 Å². The number of aryl methyl sites for hydroxylation is 1. The Labute approximate surface area is 114 Å². The second-order valence-corrected chi connectivity index (χ2v) is 4.75. The minimum absolute atomic E-state index is 0.111. The van der Waals surface area contributed by atoms with E-state index < -0.39 is 0 Å². The van der Waals surface area contributed by atoms with Crippen LogP contribution >= 0.6 is 15.9 Å². The zero-order chi connectivity index (χ0) is 13.0. The van der Waals surface area contributed by atoms with Gasteiger partial charge in [-0.1, -0.05) is 6.92 Å². The van der Waals surface area contributed by atoms with Crippen molar-refractivity contribution in [2.75, 3.05) is 5.32 Å². The summed E-state index contributed by atoms with van der Waals surface area (Å²) in [5.74, 6) is -0.111. The van der Waals surface area contributed by atoms with Crippen LogP contribution in [0.3, 0.4) is 0 Å². The number of halogens is 1. The van der Waals surface area contributed by atoms with Crippen LogP contribution < -0.4 is 5.32 Å². The molecule has 18 heavy (non-hydrogen) atoms. The van der Waals surface area contributed by atoms with Gasteiger partial charge in [0.2, 0.25) is 0 Å². The maximum absolute atomic E-state index is 12.1. The van der Waals surface area contributed by atoms with Gasteiger partial charge in [0.1, 0.15) is 5.69 Å². The zero-order valence-electron chi connectivity index (χ0n) is 10.1. The monoisotopic (exact) mass is 307 g/mol. The summed E-state index contributed by atoms with van der Waals surface area (Å²) in [7, 11) is 0. The Bertz CT molecular complexity index is 551. The molecular weight excluding hydrogens is 294 g/mol. The predicted octanol–water partition coefficient (Wildman–Crippen LogP) is 3.31. The van der Waals surface area contributed by atoms with E-state index in [2.05, 4.69) is 33.2 Å². The first kappa shape index (κ1) is 12.8. The van der Waals surface area contributed by atoms with E-state index in [0.717, 1.165) is 23.1 Å². The minimum atomic E-state index is -0.111. The maximum Gasteiger partial charge on any atom is 0.272 e. The smallest absolute Gasteiger partial charge is 0.272 e. The van der Waals surface area contributed by atoms with Gasteiger partial charge in [-0.2, -0.15) is 0 Å². The molecule has 1 amide bonds. The van der Waals surface area contributed by atoms with Crippen LogP contribution in [0, 0.1) is 0 Å². The van der Waals surface area contributed by atoms with Crippen molar-refractivity contribution in [2.24, 2.45) is 0 Å². The average Bonchev–Trinajstić information content (AvgIpc) is 2.81. The van der Waals surface area contributed by atoms with Crippen molar-refractivity contribution >= 4 is 27.5 Å². The van der Waals surface area contributed by atoms with E-state index in [4.69, 9.17) is 0 Å². The summed E-state index contributed by atoms with van der Waals surface area (Å²) in [5, 5.41) is 2.86. The van der Waals surface area contributed by atoms with E-state index in [1.807, 2.05) is 22.9 Å². The first-order valence-corrected chi connectivity index (χ1v) is 6.57. The van der Waals surface area contributed by atoms with Gasteiger partial charge in [-0.25, -0.2) is 0 Å². The van der Waals surface area contributed by atoms with Gasteiger partial charge in [0, 0.05) is 25.1 Å². The second-order valence-electron chi connectivity index (χ2n) is 3.90. The Balaban J connectivity index is 2.17. The standard InChI is InChI=1S/C13H14BrN3O/c1-2-7-17-8-3-4-12(17)13(18)16-11-5-6-15-9-10(11)14/h3-6,8-9H,2,7H2,1H3,(H,15,16,18). The van der Waals surface area contributed by atoms with Crippen LogP contribution in [-0.2, 0) is 6.54 Å². The molecule has 0 fully saturated rings. The number of amides is 1. The summed E-state index contributed by atoms with van der Waals surface area (Å²) in [6.07, 6.45) is 6.21. The van der Waals surface area contributed by atoms with E-state index in [0.29, 0.717) is 5.69 Å². The van der Waals surface area contributed by atoms with Gasteiger partial charge in [0.15, 0.2) is 0 Å². The summed E-state index contributed by atoms with van der Waals surface area (Å²) >= 11 is 3.35. The van der Waals surface area contributed by atoms with Crippen molar-refractivity contribution in [3.8, 4) is 0 Å². The number of anilines is 1. The third-order valence-corrected chi connectivity index (χ3v) is 3.18. The topological polar surface area (TPSA) is 46.9 Å². The molecule has 0 aliphatic heterocycles. The lowest BCUT2D eigenvalue weighted by Crippen LogP contribution is -2.17. The molecule has 0 aromatic carbocycles. The van der Waals surface area contributed by atoms with Gasteiger partial charge in [0.25, 0.3) is 5.91 Å². The third-order valence-electron chi connectivity index (χ3n) is 2.55. The molecule has 2 aromatic heterocycles. The lowest BCUT2D eigenvalue weighted by Gasteiger charge is -2.09. The quantitative estimate of drug-likeness (QED) is 0.942.